The number of nitrogens with two attached hydrogens (primary N) is 1. The van der Waals surface area contributed by atoms with E-state index >= 15 is 0 Å². The molecule has 0 unspecified atom stereocenters. The molecule has 1 saturated heterocycles. The van der Waals surface area contributed by atoms with Crippen LogP contribution in [0, 0.1) is 0 Å². The van der Waals surface area contributed by atoms with Crippen LogP contribution in [0.3, 0.4) is 0 Å². The van der Waals surface area contributed by atoms with Crippen molar-refractivity contribution in [1.82, 2.24) is 29.7 Å². The second kappa shape index (κ2) is 10.4. The maximum Gasteiger partial charge on any atom is 0.246 e. The van der Waals surface area contributed by atoms with E-state index in [1.54, 1.807) is 4.90 Å². The van der Waals surface area contributed by atoms with Gasteiger partial charge < -0.3 is 20.9 Å². The van der Waals surface area contributed by atoms with E-state index in [0.717, 1.165) is 62.0 Å². The first kappa shape index (κ1) is 24.0. The number of nitrogens with one attached hydrogen (secondary N) is 2. The van der Waals surface area contributed by atoms with Crippen molar-refractivity contribution in [2.75, 3.05) is 36.4 Å². The maximum atomic E-state index is 10.1. The van der Waals surface area contributed by atoms with Crippen molar-refractivity contribution in [2.45, 2.75) is 64.3 Å². The van der Waals surface area contributed by atoms with Gasteiger partial charge in [-0.2, -0.15) is 10.1 Å². The van der Waals surface area contributed by atoms with Gasteiger partial charge in [-0.15, -0.1) is 5.10 Å². The Hall–Kier alpha value is -3.14. The first-order valence-electron chi connectivity index (χ1n) is 12.3. The van der Waals surface area contributed by atoms with Gasteiger partial charge in [-0.25, -0.2) is 4.52 Å². The summed E-state index contributed by atoms with van der Waals surface area (Å²) in [5, 5.41) is 15.6. The van der Waals surface area contributed by atoms with Crippen molar-refractivity contribution in [3.05, 3.63) is 30.1 Å². The van der Waals surface area contributed by atoms with Crippen LogP contribution in [0.4, 0.5) is 17.6 Å². The quantitative estimate of drug-likeness (QED) is 0.413. The molecule has 34 heavy (non-hydrogen) atoms. The highest BCUT2D eigenvalue weighted by atomic mass is 16.1. The van der Waals surface area contributed by atoms with Crippen LogP contribution in [0.25, 0.3) is 5.52 Å². The number of carbonyl (C=O) groups excluding carboxylic acids is 1. The van der Waals surface area contributed by atoms with Crippen LogP contribution in [-0.2, 0) is 4.79 Å². The van der Waals surface area contributed by atoms with Crippen LogP contribution >= 0.6 is 0 Å². The summed E-state index contributed by atoms with van der Waals surface area (Å²) >= 11 is 0. The molecule has 3 aromatic heterocycles. The van der Waals surface area contributed by atoms with E-state index in [4.69, 9.17) is 15.8 Å². The van der Waals surface area contributed by atoms with Crippen LogP contribution < -0.4 is 16.0 Å². The molecule has 10 nitrogen and oxygen atoms in total. The minimum Gasteiger partial charge on any atom is -0.345 e. The molecule has 1 aliphatic carbocycles. The van der Waals surface area contributed by atoms with E-state index in [0.29, 0.717) is 12.5 Å². The Bertz CT molecular complexity index is 1090. The van der Waals surface area contributed by atoms with Crippen molar-refractivity contribution in [1.29, 1.82) is 0 Å². The number of nitrogens with zero attached hydrogens (tertiary/aromatic N) is 6. The molecule has 0 aromatic carbocycles. The average Bonchev–Trinajstić information content (AvgIpc) is 3.20. The van der Waals surface area contributed by atoms with E-state index < -0.39 is 0 Å². The Kier molecular flexibility index (Phi) is 7.35. The minimum atomic E-state index is 0.0869. The highest BCUT2D eigenvalue weighted by molar-refractivity contribution is 5.73. The number of anilines is 3. The van der Waals surface area contributed by atoms with E-state index in [2.05, 4.69) is 40.3 Å². The Morgan fingerprint density at radius 3 is 2.85 bits per heavy atom. The van der Waals surface area contributed by atoms with Crippen molar-refractivity contribution in [3.8, 4) is 0 Å². The normalized spacial score (nSPS) is 16.9. The summed E-state index contributed by atoms with van der Waals surface area (Å²) in [6.45, 7) is 9.68. The third kappa shape index (κ3) is 5.49. The van der Waals surface area contributed by atoms with Crippen LogP contribution in [0.5, 0.6) is 0 Å². The third-order valence-corrected chi connectivity index (χ3v) is 6.59. The number of aromatic amines is 1. The predicted molar refractivity (Wildman–Crippen MR) is 134 cm³/mol. The molecule has 1 amide bonds. The van der Waals surface area contributed by atoms with Gasteiger partial charge in [0, 0.05) is 49.0 Å². The van der Waals surface area contributed by atoms with Gasteiger partial charge in [0.25, 0.3) is 0 Å². The van der Waals surface area contributed by atoms with Crippen LogP contribution in [0.2, 0.25) is 0 Å². The summed E-state index contributed by atoms with van der Waals surface area (Å²) in [5.41, 5.74) is 7.50. The molecular weight excluding hydrogens is 430 g/mol. The van der Waals surface area contributed by atoms with Crippen molar-refractivity contribution in [3.63, 3.8) is 0 Å². The largest absolute Gasteiger partial charge is 0.345 e. The fourth-order valence-electron chi connectivity index (χ4n) is 4.31. The van der Waals surface area contributed by atoms with Crippen LogP contribution in [-0.4, -0.2) is 67.8 Å². The monoisotopic (exact) mass is 467 g/mol. The average molecular weight is 468 g/mol. The summed E-state index contributed by atoms with van der Waals surface area (Å²) < 4.78 is 1.90. The maximum absolute atomic E-state index is 10.1. The molecule has 0 bridgehead atoms. The van der Waals surface area contributed by atoms with Gasteiger partial charge in [0.05, 0.1) is 0 Å². The number of aromatic nitrogens is 5. The third-order valence-electron chi connectivity index (χ3n) is 6.59. The zero-order valence-corrected chi connectivity index (χ0v) is 20.5. The topological polar surface area (TPSA) is 120 Å². The van der Waals surface area contributed by atoms with Crippen LogP contribution in [0.1, 0.15) is 64.5 Å². The highest BCUT2D eigenvalue weighted by Gasteiger charge is 2.34. The lowest BCUT2D eigenvalue weighted by atomic mass is 10.0. The van der Waals surface area contributed by atoms with Gasteiger partial charge in [-0.05, 0) is 71.6 Å². The lowest BCUT2D eigenvalue weighted by Crippen LogP contribution is -2.39. The van der Waals surface area contributed by atoms with Gasteiger partial charge in [-0.1, -0.05) is 0 Å². The standard InChI is InChI=1S/C18H23N7.C6H14N2O/c1-18(2)8-4-9-24(18)17-20-16(14-5-3-10-25(14)23-17)19-15-11-13(21-22-15)12-6-7-12;1-2-8(6-9)5-3-4-7/h3,5,10-12H,4,6-9H2,1-2H3,(H2,19,20,21,22,23);6H,2-5,7H2,1H3. The summed E-state index contributed by atoms with van der Waals surface area (Å²) in [6.07, 6.45) is 8.57. The smallest absolute Gasteiger partial charge is 0.246 e. The van der Waals surface area contributed by atoms with Crippen molar-refractivity contribution < 1.29 is 4.79 Å². The Morgan fingerprint density at radius 2 is 2.21 bits per heavy atom. The van der Waals surface area contributed by atoms with E-state index in [-0.39, 0.29) is 5.54 Å². The van der Waals surface area contributed by atoms with E-state index in [1.165, 1.54) is 25.0 Å². The fraction of sp³-hybridized carbons (Fsp3) is 0.583. The van der Waals surface area contributed by atoms with Gasteiger partial charge in [-0.3, -0.25) is 9.89 Å². The first-order valence-corrected chi connectivity index (χ1v) is 12.3. The molecule has 3 aromatic rings. The molecular formula is C24H37N9O. The zero-order chi connectivity index (χ0) is 24.1. The molecule has 4 heterocycles. The van der Waals surface area contributed by atoms with Gasteiger partial charge in [0.2, 0.25) is 12.4 Å². The summed E-state index contributed by atoms with van der Waals surface area (Å²) in [4.78, 5) is 19.0. The second-order valence-electron chi connectivity index (χ2n) is 9.65. The molecule has 0 spiro atoms. The summed E-state index contributed by atoms with van der Waals surface area (Å²) in [6, 6.07) is 6.11. The lowest BCUT2D eigenvalue weighted by molar-refractivity contribution is -0.118. The van der Waals surface area contributed by atoms with Gasteiger partial charge >= 0.3 is 0 Å². The lowest BCUT2D eigenvalue weighted by Gasteiger charge is -2.31. The zero-order valence-electron chi connectivity index (χ0n) is 20.5. The molecule has 184 valence electrons. The Morgan fingerprint density at radius 1 is 1.38 bits per heavy atom. The molecule has 10 heteroatoms. The number of fused-ring (bicyclic) bond motifs is 1. The molecule has 5 rings (SSSR count). The predicted octanol–water partition coefficient (Wildman–Crippen LogP) is 3.27. The molecule has 2 aliphatic rings. The van der Waals surface area contributed by atoms with Crippen LogP contribution in [0.15, 0.2) is 24.4 Å². The molecule has 4 N–H and O–H groups in total. The highest BCUT2D eigenvalue weighted by Crippen LogP contribution is 2.40. The number of carbonyl (C=O) groups is 1. The second-order valence-corrected chi connectivity index (χ2v) is 9.65. The molecule has 0 atom stereocenters. The van der Waals surface area contributed by atoms with Gasteiger partial charge in [0.1, 0.15) is 5.52 Å². The number of rotatable bonds is 9. The molecule has 2 fully saturated rings. The number of amides is 1. The number of hydrogen-bond donors (Lipinski definition) is 3. The minimum absolute atomic E-state index is 0.0869. The number of H-pyrrole nitrogens is 1. The summed E-state index contributed by atoms with van der Waals surface area (Å²) in [5.74, 6) is 3.04. The fourth-order valence-corrected chi connectivity index (χ4v) is 4.31. The summed E-state index contributed by atoms with van der Waals surface area (Å²) in [7, 11) is 0. The number of hydrogen-bond acceptors (Lipinski definition) is 7. The molecule has 1 saturated carbocycles. The molecule has 1 aliphatic heterocycles. The Balaban J connectivity index is 0.000000262. The first-order chi connectivity index (χ1) is 16.4. The van der Waals surface area contributed by atoms with E-state index in [9.17, 15) is 4.79 Å². The van der Waals surface area contributed by atoms with Crippen molar-refractivity contribution >= 4 is 29.5 Å². The van der Waals surface area contributed by atoms with Crippen molar-refractivity contribution in [2.24, 2.45) is 5.73 Å². The van der Waals surface area contributed by atoms with Gasteiger partial charge in [0.15, 0.2) is 11.6 Å². The van der Waals surface area contributed by atoms with E-state index in [1.807, 2.05) is 29.8 Å². The Labute approximate surface area is 200 Å². The SMILES string of the molecule is CC1(C)CCCN1c1nc(Nc2cc(C3CC3)[nH]n2)c2cccn2n1.CCN(C=O)CCCN. The molecule has 0 radical (unpaired) electrons.